The van der Waals surface area contributed by atoms with Gasteiger partial charge in [-0.3, -0.25) is 0 Å². The van der Waals surface area contributed by atoms with Crippen LogP contribution in [0, 0.1) is 0 Å². The number of hydrogen-bond donors (Lipinski definition) is 0. The Kier molecular flexibility index (Phi) is 296. The monoisotopic (exact) mass is 372 g/mol. The first-order valence-electron chi connectivity index (χ1n) is 0. The van der Waals surface area contributed by atoms with Crippen molar-refractivity contribution in [2.45, 2.75) is 0 Å². The van der Waals surface area contributed by atoms with Crippen LogP contribution in [-0.4, -0.2) is 85.3 Å². The summed E-state index contributed by atoms with van der Waals surface area (Å²) in [7, 11) is 0. The summed E-state index contributed by atoms with van der Waals surface area (Å²) >= 11 is 0. The molecular formula is H7CsO3W. The van der Waals surface area contributed by atoms with Crippen LogP contribution in [0.5, 0.6) is 0 Å². The van der Waals surface area contributed by atoms with Gasteiger partial charge in [-0.25, -0.2) is 0 Å². The summed E-state index contributed by atoms with van der Waals surface area (Å²) in [5.74, 6) is 0. The van der Waals surface area contributed by atoms with Gasteiger partial charge in [0.15, 0.2) is 0 Å². The molecule has 0 saturated carbocycles. The van der Waals surface area contributed by atoms with Crippen molar-refractivity contribution in [3.63, 3.8) is 0 Å². The molecule has 5 heteroatoms. The molecule has 32 valence electrons. The zero-order valence-electron chi connectivity index (χ0n) is 1.91. The zero-order chi connectivity index (χ0) is 0. The third kappa shape index (κ3) is 20.6. The molecule has 0 amide bonds. The first kappa shape index (κ1) is 48.6. The van der Waals surface area contributed by atoms with Crippen LogP contribution in [0.15, 0.2) is 0 Å². The maximum atomic E-state index is 0. The Balaban J connectivity index is 0. The predicted octanol–water partition coefficient (Wildman–Crippen LogP) is -3.13. The molecule has 0 radical (unpaired) electrons. The molecular weight excluding hydrogens is 365 g/mol. The van der Waals surface area contributed by atoms with Gasteiger partial charge in [-0.05, 0) is 0 Å². The van der Waals surface area contributed by atoms with Crippen molar-refractivity contribution < 1.29 is 37.5 Å². The van der Waals surface area contributed by atoms with E-state index < -0.39 is 0 Å². The van der Waals surface area contributed by atoms with Crippen LogP contribution in [0.2, 0.25) is 0 Å². The van der Waals surface area contributed by atoms with Crippen LogP contribution >= 0.6 is 0 Å². The van der Waals surface area contributed by atoms with E-state index in [0.29, 0.717) is 0 Å². The Labute approximate surface area is 104 Å². The summed E-state index contributed by atoms with van der Waals surface area (Å²) in [6.07, 6.45) is 0. The van der Waals surface area contributed by atoms with Gasteiger partial charge < -0.3 is 16.4 Å². The van der Waals surface area contributed by atoms with Crippen molar-refractivity contribution in [2.24, 2.45) is 0 Å². The van der Waals surface area contributed by atoms with Crippen LogP contribution in [0.3, 0.4) is 0 Å². The van der Waals surface area contributed by atoms with Crippen molar-refractivity contribution in [1.82, 2.24) is 0 Å². The minimum Gasteiger partial charge on any atom is 0 e. The fraction of sp³-hybridized carbons (Fsp3) is 0. The van der Waals surface area contributed by atoms with Gasteiger partial charge in [0.05, 0.1) is 0 Å². The maximum absolute atomic E-state index is 0. The quantitative estimate of drug-likeness (QED) is 0.431. The van der Waals surface area contributed by atoms with Crippen molar-refractivity contribution in [2.75, 3.05) is 0 Å². The predicted molar refractivity (Wildman–Crippen MR) is 18.0 cm³/mol. The fourth-order valence-corrected chi connectivity index (χ4v) is 0. The Morgan fingerprint density at radius 3 is 0.600 bits per heavy atom. The standard InChI is InChI=1S/Cs.3H2O.W.H/h;3*1H2;;. The maximum Gasteiger partial charge on any atom is 0 e. The molecule has 0 aliphatic carbocycles. The van der Waals surface area contributed by atoms with Gasteiger partial charge in [0.1, 0.15) is 0 Å². The second-order valence-electron chi connectivity index (χ2n) is 0. The van der Waals surface area contributed by atoms with Gasteiger partial charge in [0.2, 0.25) is 0 Å². The SMILES string of the molecule is O.O.O.[CsH].[W]. The molecule has 0 spiro atoms. The van der Waals surface area contributed by atoms with Gasteiger partial charge in [-0.15, -0.1) is 0 Å². The number of rotatable bonds is 0. The van der Waals surface area contributed by atoms with Gasteiger partial charge in [0.25, 0.3) is 0 Å². The second-order valence-corrected chi connectivity index (χ2v) is 0. The molecule has 0 unspecified atom stereocenters. The molecule has 0 aromatic rings. The van der Waals surface area contributed by atoms with Crippen molar-refractivity contribution in [3.8, 4) is 0 Å². The summed E-state index contributed by atoms with van der Waals surface area (Å²) in [6.45, 7) is 0. The average Bonchev–Trinajstić information content (AvgIpc) is 0. The van der Waals surface area contributed by atoms with E-state index in [4.69, 9.17) is 0 Å². The molecule has 0 aliphatic rings. The van der Waals surface area contributed by atoms with Crippen LogP contribution in [0.1, 0.15) is 0 Å². The molecule has 5 heavy (non-hydrogen) atoms. The van der Waals surface area contributed by atoms with Crippen LogP contribution in [0.25, 0.3) is 0 Å². The molecule has 0 atom stereocenters. The van der Waals surface area contributed by atoms with Gasteiger partial charge in [0, 0.05) is 21.1 Å². The van der Waals surface area contributed by atoms with Crippen molar-refractivity contribution >= 4 is 68.9 Å². The molecule has 0 aromatic heterocycles. The summed E-state index contributed by atoms with van der Waals surface area (Å²) in [5, 5.41) is 0. The molecule has 0 bridgehead atoms. The molecule has 0 rings (SSSR count). The van der Waals surface area contributed by atoms with Crippen LogP contribution in [-0.2, 0) is 21.1 Å². The summed E-state index contributed by atoms with van der Waals surface area (Å²) in [4.78, 5) is 0. The van der Waals surface area contributed by atoms with E-state index in [1.54, 1.807) is 0 Å². The third-order valence-electron chi connectivity index (χ3n) is 0. The molecule has 0 aliphatic heterocycles. The molecule has 0 saturated heterocycles. The normalized spacial score (nSPS) is 0. The fourth-order valence-electron chi connectivity index (χ4n) is 0. The largest absolute Gasteiger partial charge is 0 e. The van der Waals surface area contributed by atoms with Crippen molar-refractivity contribution in [3.05, 3.63) is 0 Å². The van der Waals surface area contributed by atoms with E-state index >= 15 is 0 Å². The van der Waals surface area contributed by atoms with E-state index in [0.717, 1.165) is 0 Å². The second kappa shape index (κ2) is 30.5. The Morgan fingerprint density at radius 1 is 0.600 bits per heavy atom. The van der Waals surface area contributed by atoms with Gasteiger partial charge >= 0.3 is 68.9 Å². The van der Waals surface area contributed by atoms with Crippen molar-refractivity contribution in [1.29, 1.82) is 0 Å². The Hall–Kier alpha value is 2.62. The molecule has 6 N–H and O–H groups in total. The van der Waals surface area contributed by atoms with Crippen LogP contribution in [0.4, 0.5) is 0 Å². The number of hydrogen-bond acceptors (Lipinski definition) is 0. The van der Waals surface area contributed by atoms with E-state index in [9.17, 15) is 0 Å². The summed E-state index contributed by atoms with van der Waals surface area (Å²) in [6, 6.07) is 0. The van der Waals surface area contributed by atoms with Crippen LogP contribution < -0.4 is 0 Å². The smallest absolute Gasteiger partial charge is 0 e. The molecule has 0 fully saturated rings. The first-order chi connectivity index (χ1) is 0. The Morgan fingerprint density at radius 2 is 0.600 bits per heavy atom. The van der Waals surface area contributed by atoms with E-state index in [1.165, 1.54) is 0 Å². The van der Waals surface area contributed by atoms with Gasteiger partial charge in [-0.2, -0.15) is 0 Å². The third-order valence-corrected chi connectivity index (χ3v) is 0. The minimum atomic E-state index is 0. The van der Waals surface area contributed by atoms with E-state index in [2.05, 4.69) is 0 Å². The van der Waals surface area contributed by atoms with E-state index in [1.807, 2.05) is 0 Å². The minimum absolute atomic E-state index is 0. The molecule has 3 nitrogen and oxygen atoms in total. The summed E-state index contributed by atoms with van der Waals surface area (Å²) in [5.41, 5.74) is 0. The average molecular weight is 372 g/mol. The molecule has 0 heterocycles. The topological polar surface area (TPSA) is 94.5 Å². The summed E-state index contributed by atoms with van der Waals surface area (Å²) < 4.78 is 0. The first-order valence-corrected chi connectivity index (χ1v) is 0. The Bertz CT molecular complexity index is 6.85. The van der Waals surface area contributed by atoms with E-state index in [-0.39, 0.29) is 106 Å². The zero-order valence-corrected chi connectivity index (χ0v) is 4.84. The molecule has 0 aromatic carbocycles. The van der Waals surface area contributed by atoms with Gasteiger partial charge in [-0.1, -0.05) is 0 Å².